The van der Waals surface area contributed by atoms with Crippen LogP contribution in [0.3, 0.4) is 0 Å². The van der Waals surface area contributed by atoms with Gasteiger partial charge < -0.3 is 10.2 Å². The molecule has 0 atom stereocenters. The SMILES string of the molecule is O=C(NCCSc1ccccc1)N1CCc2sccc2C1. The van der Waals surface area contributed by atoms with E-state index in [0.717, 1.165) is 25.3 Å². The zero-order valence-electron chi connectivity index (χ0n) is 11.7. The molecular formula is C16H18N2OS2. The van der Waals surface area contributed by atoms with E-state index in [1.807, 2.05) is 23.1 Å². The molecule has 0 unspecified atom stereocenters. The number of amides is 2. The largest absolute Gasteiger partial charge is 0.337 e. The molecule has 2 heterocycles. The number of rotatable bonds is 4. The lowest BCUT2D eigenvalue weighted by atomic mass is 10.1. The van der Waals surface area contributed by atoms with Gasteiger partial charge in [0, 0.05) is 35.2 Å². The van der Waals surface area contributed by atoms with Gasteiger partial charge in [-0.1, -0.05) is 18.2 Å². The third-order valence-electron chi connectivity index (χ3n) is 3.49. The van der Waals surface area contributed by atoms with Crippen molar-refractivity contribution >= 4 is 29.1 Å². The molecule has 1 aliphatic rings. The molecule has 1 aromatic carbocycles. The number of nitrogens with one attached hydrogen (secondary N) is 1. The third kappa shape index (κ3) is 3.80. The molecule has 0 spiro atoms. The minimum Gasteiger partial charge on any atom is -0.337 e. The fourth-order valence-electron chi connectivity index (χ4n) is 2.38. The lowest BCUT2D eigenvalue weighted by molar-refractivity contribution is 0.193. The van der Waals surface area contributed by atoms with Crippen LogP contribution < -0.4 is 5.32 Å². The Balaban J connectivity index is 1.41. The van der Waals surface area contributed by atoms with Crippen LogP contribution in [0.15, 0.2) is 46.7 Å². The first-order valence-corrected chi connectivity index (χ1v) is 8.95. The van der Waals surface area contributed by atoms with E-state index < -0.39 is 0 Å². The zero-order valence-corrected chi connectivity index (χ0v) is 13.4. The maximum atomic E-state index is 12.2. The summed E-state index contributed by atoms with van der Waals surface area (Å²) in [4.78, 5) is 16.7. The highest BCUT2D eigenvalue weighted by Crippen LogP contribution is 2.23. The van der Waals surface area contributed by atoms with Crippen LogP contribution in [0.2, 0.25) is 0 Å². The Bertz CT molecular complexity index is 597. The number of urea groups is 1. The predicted octanol–water partition coefficient (Wildman–Crippen LogP) is 3.61. The second-order valence-electron chi connectivity index (χ2n) is 4.93. The maximum Gasteiger partial charge on any atom is 0.317 e. The number of hydrogen-bond donors (Lipinski definition) is 1. The molecule has 21 heavy (non-hydrogen) atoms. The van der Waals surface area contributed by atoms with Crippen LogP contribution in [0.5, 0.6) is 0 Å². The Morgan fingerprint density at radius 1 is 1.29 bits per heavy atom. The third-order valence-corrected chi connectivity index (χ3v) is 5.52. The molecule has 1 aliphatic heterocycles. The van der Waals surface area contributed by atoms with Crippen LogP contribution in [0.4, 0.5) is 4.79 Å². The van der Waals surface area contributed by atoms with Crippen LogP contribution >= 0.6 is 23.1 Å². The number of thioether (sulfide) groups is 1. The molecule has 1 aromatic heterocycles. The molecule has 0 saturated heterocycles. The molecule has 0 aliphatic carbocycles. The van der Waals surface area contributed by atoms with Gasteiger partial charge in [0.25, 0.3) is 0 Å². The van der Waals surface area contributed by atoms with E-state index in [2.05, 4.69) is 28.9 Å². The molecule has 2 aromatic rings. The van der Waals surface area contributed by atoms with Crippen molar-refractivity contribution in [3.05, 3.63) is 52.2 Å². The van der Waals surface area contributed by atoms with Gasteiger partial charge in [-0.15, -0.1) is 23.1 Å². The van der Waals surface area contributed by atoms with Crippen molar-refractivity contribution in [1.29, 1.82) is 0 Å². The number of thiophene rings is 1. The van der Waals surface area contributed by atoms with Crippen molar-refractivity contribution in [1.82, 2.24) is 10.2 Å². The molecule has 2 amide bonds. The smallest absolute Gasteiger partial charge is 0.317 e. The predicted molar refractivity (Wildman–Crippen MR) is 89.0 cm³/mol. The van der Waals surface area contributed by atoms with Gasteiger partial charge in [0.1, 0.15) is 0 Å². The van der Waals surface area contributed by atoms with E-state index >= 15 is 0 Å². The van der Waals surface area contributed by atoms with Crippen molar-refractivity contribution in [3.63, 3.8) is 0 Å². The van der Waals surface area contributed by atoms with Crippen LogP contribution in [0, 0.1) is 0 Å². The number of hydrogen-bond acceptors (Lipinski definition) is 3. The van der Waals surface area contributed by atoms with Crippen molar-refractivity contribution in [3.8, 4) is 0 Å². The molecule has 3 nitrogen and oxygen atoms in total. The van der Waals surface area contributed by atoms with Crippen molar-refractivity contribution in [2.24, 2.45) is 0 Å². The van der Waals surface area contributed by atoms with E-state index in [1.165, 1.54) is 15.3 Å². The molecule has 3 rings (SSSR count). The monoisotopic (exact) mass is 318 g/mol. The average Bonchev–Trinajstić information content (AvgIpc) is 3.00. The van der Waals surface area contributed by atoms with Gasteiger partial charge in [-0.3, -0.25) is 0 Å². The Hall–Kier alpha value is -1.46. The molecule has 1 N–H and O–H groups in total. The van der Waals surface area contributed by atoms with Gasteiger partial charge in [-0.25, -0.2) is 4.79 Å². The lowest BCUT2D eigenvalue weighted by Crippen LogP contribution is -2.43. The van der Waals surface area contributed by atoms with E-state index in [9.17, 15) is 4.79 Å². The summed E-state index contributed by atoms with van der Waals surface area (Å²) in [5.41, 5.74) is 1.31. The zero-order chi connectivity index (χ0) is 14.5. The van der Waals surface area contributed by atoms with Crippen LogP contribution in [0.25, 0.3) is 0 Å². The van der Waals surface area contributed by atoms with Gasteiger partial charge in [0.2, 0.25) is 0 Å². The summed E-state index contributed by atoms with van der Waals surface area (Å²) < 4.78 is 0. The van der Waals surface area contributed by atoms with Crippen molar-refractivity contribution in [2.45, 2.75) is 17.9 Å². The number of nitrogens with zero attached hydrogens (tertiary/aromatic N) is 1. The van der Waals surface area contributed by atoms with Gasteiger partial charge in [0.05, 0.1) is 0 Å². The highest BCUT2D eigenvalue weighted by atomic mass is 32.2. The number of carbonyl (C=O) groups is 1. The Kier molecular flexibility index (Phi) is 4.83. The van der Waals surface area contributed by atoms with Crippen molar-refractivity contribution < 1.29 is 4.79 Å². The van der Waals surface area contributed by atoms with E-state index in [-0.39, 0.29) is 6.03 Å². The van der Waals surface area contributed by atoms with Crippen LogP contribution in [0.1, 0.15) is 10.4 Å². The first-order valence-electron chi connectivity index (χ1n) is 7.09. The molecule has 0 saturated carbocycles. The maximum absolute atomic E-state index is 12.2. The second kappa shape index (κ2) is 7.00. The standard InChI is InChI=1S/C16H18N2OS2/c19-16(17-8-11-20-14-4-2-1-3-5-14)18-9-6-15-13(12-18)7-10-21-15/h1-5,7,10H,6,8-9,11-12H2,(H,17,19). The molecule has 0 bridgehead atoms. The highest BCUT2D eigenvalue weighted by Gasteiger charge is 2.20. The van der Waals surface area contributed by atoms with E-state index in [1.54, 1.807) is 23.1 Å². The fourth-order valence-corrected chi connectivity index (χ4v) is 4.06. The lowest BCUT2D eigenvalue weighted by Gasteiger charge is -2.27. The quantitative estimate of drug-likeness (QED) is 0.690. The number of carbonyl (C=O) groups excluding carboxylic acids is 1. The average molecular weight is 318 g/mol. The van der Waals surface area contributed by atoms with Gasteiger partial charge in [-0.05, 0) is 35.6 Å². The van der Waals surface area contributed by atoms with Crippen LogP contribution in [-0.4, -0.2) is 29.8 Å². The molecule has 0 radical (unpaired) electrons. The van der Waals surface area contributed by atoms with Gasteiger partial charge >= 0.3 is 6.03 Å². The summed E-state index contributed by atoms with van der Waals surface area (Å²) in [5, 5.41) is 5.13. The summed E-state index contributed by atoms with van der Waals surface area (Å²) in [6, 6.07) is 12.5. The summed E-state index contributed by atoms with van der Waals surface area (Å²) in [6.45, 7) is 2.27. The summed E-state index contributed by atoms with van der Waals surface area (Å²) >= 11 is 3.56. The Labute approximate surface area is 133 Å². The second-order valence-corrected chi connectivity index (χ2v) is 7.10. The Morgan fingerprint density at radius 3 is 3.00 bits per heavy atom. The van der Waals surface area contributed by atoms with Crippen LogP contribution in [-0.2, 0) is 13.0 Å². The topological polar surface area (TPSA) is 32.3 Å². The normalized spacial score (nSPS) is 13.8. The van der Waals surface area contributed by atoms with E-state index in [0.29, 0.717) is 6.54 Å². The summed E-state index contributed by atoms with van der Waals surface area (Å²) in [5.74, 6) is 0.896. The minimum absolute atomic E-state index is 0.0560. The van der Waals surface area contributed by atoms with E-state index in [4.69, 9.17) is 0 Å². The molecule has 5 heteroatoms. The Morgan fingerprint density at radius 2 is 2.14 bits per heavy atom. The van der Waals surface area contributed by atoms with Gasteiger partial charge in [-0.2, -0.15) is 0 Å². The van der Waals surface area contributed by atoms with Crippen molar-refractivity contribution in [2.75, 3.05) is 18.8 Å². The number of benzene rings is 1. The summed E-state index contributed by atoms with van der Waals surface area (Å²) in [6.07, 6.45) is 0.985. The fraction of sp³-hybridized carbons (Fsp3) is 0.312. The minimum atomic E-state index is 0.0560. The molecular weight excluding hydrogens is 300 g/mol. The van der Waals surface area contributed by atoms with Gasteiger partial charge in [0.15, 0.2) is 0 Å². The first kappa shape index (κ1) is 14.5. The number of fused-ring (bicyclic) bond motifs is 1. The highest BCUT2D eigenvalue weighted by molar-refractivity contribution is 7.99. The first-order chi connectivity index (χ1) is 10.3. The molecule has 0 fully saturated rings. The molecule has 110 valence electrons. The summed E-state index contributed by atoms with van der Waals surface area (Å²) in [7, 11) is 0.